The molecule has 2 rings (SSSR count). The van der Waals surface area contributed by atoms with Crippen LogP contribution in [0.25, 0.3) is 0 Å². The molecule has 4 heteroatoms. The third-order valence-corrected chi connectivity index (χ3v) is 3.26. The number of amides is 1. The summed E-state index contributed by atoms with van der Waals surface area (Å²) in [6, 6.07) is 7.96. The predicted molar refractivity (Wildman–Crippen MR) is 74.1 cm³/mol. The van der Waals surface area contributed by atoms with E-state index in [9.17, 15) is 4.79 Å². The van der Waals surface area contributed by atoms with Crippen molar-refractivity contribution in [2.24, 2.45) is 0 Å². The molecule has 1 heterocycles. The Hall–Kier alpha value is -1.55. The minimum atomic E-state index is 0.0207. The molecule has 1 aromatic carbocycles. The smallest absolute Gasteiger partial charge is 0.251 e. The Morgan fingerprint density at radius 1 is 1.44 bits per heavy atom. The van der Waals surface area contributed by atoms with Crippen molar-refractivity contribution in [2.75, 3.05) is 32.1 Å². The Morgan fingerprint density at radius 2 is 2.28 bits per heavy atom. The molecule has 0 aromatic heterocycles. The van der Waals surface area contributed by atoms with Gasteiger partial charge in [0, 0.05) is 37.9 Å². The summed E-state index contributed by atoms with van der Waals surface area (Å²) in [5, 5.41) is 6.38. The molecule has 1 aliphatic rings. The molecule has 98 valence electrons. The molecule has 0 unspecified atom stereocenters. The van der Waals surface area contributed by atoms with Gasteiger partial charge in [-0.15, -0.1) is 0 Å². The molecule has 0 spiro atoms. The highest BCUT2D eigenvalue weighted by molar-refractivity contribution is 5.95. The van der Waals surface area contributed by atoms with Crippen molar-refractivity contribution in [3.8, 4) is 0 Å². The summed E-state index contributed by atoms with van der Waals surface area (Å²) >= 11 is 0. The highest BCUT2D eigenvalue weighted by atomic mass is 16.1. The van der Waals surface area contributed by atoms with Crippen molar-refractivity contribution in [1.29, 1.82) is 0 Å². The zero-order valence-corrected chi connectivity index (χ0v) is 11.1. The zero-order valence-electron chi connectivity index (χ0n) is 11.1. The van der Waals surface area contributed by atoms with Crippen LogP contribution in [0.4, 0.5) is 5.69 Å². The molecular weight excluding hydrogens is 226 g/mol. The summed E-state index contributed by atoms with van der Waals surface area (Å²) < 4.78 is 0. The normalized spacial score (nSPS) is 19.3. The fraction of sp³-hybridized carbons (Fsp3) is 0.500. The molecule has 1 amide bonds. The van der Waals surface area contributed by atoms with E-state index in [4.69, 9.17) is 0 Å². The van der Waals surface area contributed by atoms with E-state index in [1.54, 1.807) is 0 Å². The van der Waals surface area contributed by atoms with Crippen LogP contribution >= 0.6 is 0 Å². The van der Waals surface area contributed by atoms with Crippen molar-refractivity contribution in [2.45, 2.75) is 18.9 Å². The lowest BCUT2D eigenvalue weighted by molar-refractivity contribution is 0.0930. The summed E-state index contributed by atoms with van der Waals surface area (Å²) in [5.74, 6) is 0.0207. The van der Waals surface area contributed by atoms with Crippen LogP contribution in [0.2, 0.25) is 0 Å². The van der Waals surface area contributed by atoms with Crippen LogP contribution < -0.4 is 15.5 Å². The first-order chi connectivity index (χ1) is 8.66. The van der Waals surface area contributed by atoms with Gasteiger partial charge in [0.15, 0.2) is 0 Å². The summed E-state index contributed by atoms with van der Waals surface area (Å²) in [7, 11) is 3.95. The van der Waals surface area contributed by atoms with Crippen LogP contribution in [0.1, 0.15) is 23.2 Å². The number of carbonyl (C=O) groups is 1. The van der Waals surface area contributed by atoms with Gasteiger partial charge in [-0.2, -0.15) is 0 Å². The number of carbonyl (C=O) groups excluding carboxylic acids is 1. The van der Waals surface area contributed by atoms with E-state index in [0.717, 1.165) is 37.2 Å². The molecule has 0 bridgehead atoms. The maximum atomic E-state index is 12.1. The first-order valence-corrected chi connectivity index (χ1v) is 6.46. The number of hydrogen-bond donors (Lipinski definition) is 2. The summed E-state index contributed by atoms with van der Waals surface area (Å²) in [5.41, 5.74) is 1.77. The lowest BCUT2D eigenvalue weighted by Gasteiger charge is -2.24. The number of nitrogens with one attached hydrogen (secondary N) is 2. The van der Waals surface area contributed by atoms with Gasteiger partial charge in [0.25, 0.3) is 5.91 Å². The molecule has 1 atom stereocenters. The average Bonchev–Trinajstić information content (AvgIpc) is 2.40. The Kier molecular flexibility index (Phi) is 4.20. The first-order valence-electron chi connectivity index (χ1n) is 6.46. The Bertz CT molecular complexity index is 411. The molecule has 1 fully saturated rings. The first kappa shape index (κ1) is 12.9. The van der Waals surface area contributed by atoms with Gasteiger partial charge in [0.1, 0.15) is 0 Å². The van der Waals surface area contributed by atoms with E-state index in [1.807, 2.05) is 43.3 Å². The van der Waals surface area contributed by atoms with Gasteiger partial charge in [-0.1, -0.05) is 6.07 Å². The number of benzene rings is 1. The number of anilines is 1. The van der Waals surface area contributed by atoms with Crippen molar-refractivity contribution in [3.63, 3.8) is 0 Å². The highest BCUT2D eigenvalue weighted by Crippen LogP contribution is 2.13. The number of rotatable bonds is 3. The molecule has 2 N–H and O–H groups in total. The van der Waals surface area contributed by atoms with Crippen molar-refractivity contribution < 1.29 is 4.79 Å². The van der Waals surface area contributed by atoms with Gasteiger partial charge in [0.2, 0.25) is 0 Å². The summed E-state index contributed by atoms with van der Waals surface area (Å²) in [4.78, 5) is 14.1. The Labute approximate surface area is 108 Å². The molecule has 1 saturated heterocycles. The monoisotopic (exact) mass is 247 g/mol. The van der Waals surface area contributed by atoms with Gasteiger partial charge in [0.05, 0.1) is 0 Å². The van der Waals surface area contributed by atoms with E-state index in [0.29, 0.717) is 0 Å². The lowest BCUT2D eigenvalue weighted by Crippen LogP contribution is -2.45. The number of hydrogen-bond acceptors (Lipinski definition) is 3. The van der Waals surface area contributed by atoms with Crippen LogP contribution in [0.5, 0.6) is 0 Å². The maximum Gasteiger partial charge on any atom is 0.251 e. The lowest BCUT2D eigenvalue weighted by atomic mass is 10.1. The van der Waals surface area contributed by atoms with Gasteiger partial charge in [-0.25, -0.2) is 0 Å². The molecule has 0 aliphatic carbocycles. The van der Waals surface area contributed by atoms with Crippen LogP contribution in [-0.4, -0.2) is 39.1 Å². The van der Waals surface area contributed by atoms with E-state index < -0.39 is 0 Å². The Balaban J connectivity index is 2.01. The molecule has 1 aliphatic heterocycles. The van der Waals surface area contributed by atoms with Crippen molar-refractivity contribution >= 4 is 11.6 Å². The minimum absolute atomic E-state index is 0.0207. The second-order valence-corrected chi connectivity index (χ2v) is 4.96. The molecule has 4 nitrogen and oxygen atoms in total. The van der Waals surface area contributed by atoms with Crippen molar-refractivity contribution in [1.82, 2.24) is 10.6 Å². The standard InChI is InChI=1S/C14H21N3O/c1-17(2)13-7-3-5-11(9-13)14(18)16-12-6-4-8-15-10-12/h3,5,7,9,12,15H,4,6,8,10H2,1-2H3,(H,16,18)/t12-/m1/s1. The third-order valence-electron chi connectivity index (χ3n) is 3.26. The fourth-order valence-electron chi connectivity index (χ4n) is 2.17. The van der Waals surface area contributed by atoms with Crippen LogP contribution in [0, 0.1) is 0 Å². The molecular formula is C14H21N3O. The number of nitrogens with zero attached hydrogens (tertiary/aromatic N) is 1. The van der Waals surface area contributed by atoms with Gasteiger partial charge in [-0.3, -0.25) is 4.79 Å². The topological polar surface area (TPSA) is 44.4 Å². The Morgan fingerprint density at radius 3 is 2.94 bits per heavy atom. The quantitative estimate of drug-likeness (QED) is 0.844. The summed E-state index contributed by atoms with van der Waals surface area (Å²) in [6.45, 7) is 1.93. The largest absolute Gasteiger partial charge is 0.378 e. The molecule has 0 saturated carbocycles. The van der Waals surface area contributed by atoms with Gasteiger partial charge < -0.3 is 15.5 Å². The van der Waals surface area contributed by atoms with Crippen molar-refractivity contribution in [3.05, 3.63) is 29.8 Å². The van der Waals surface area contributed by atoms with Crippen LogP contribution in [0.3, 0.4) is 0 Å². The predicted octanol–water partition coefficient (Wildman–Crippen LogP) is 1.23. The SMILES string of the molecule is CN(C)c1cccc(C(=O)N[C@@H]2CCCNC2)c1. The molecule has 0 radical (unpaired) electrons. The van der Waals surface area contributed by atoms with Gasteiger partial charge in [-0.05, 0) is 37.6 Å². The zero-order chi connectivity index (χ0) is 13.0. The second kappa shape index (κ2) is 5.87. The molecule has 18 heavy (non-hydrogen) atoms. The molecule has 1 aromatic rings. The van der Waals surface area contributed by atoms with E-state index in [-0.39, 0.29) is 11.9 Å². The number of piperidine rings is 1. The fourth-order valence-corrected chi connectivity index (χ4v) is 2.17. The van der Waals surface area contributed by atoms with E-state index >= 15 is 0 Å². The second-order valence-electron chi connectivity index (χ2n) is 4.96. The van der Waals surface area contributed by atoms with E-state index in [1.165, 1.54) is 0 Å². The maximum absolute atomic E-state index is 12.1. The average molecular weight is 247 g/mol. The van der Waals surface area contributed by atoms with Crippen LogP contribution in [-0.2, 0) is 0 Å². The van der Waals surface area contributed by atoms with Crippen LogP contribution in [0.15, 0.2) is 24.3 Å². The third kappa shape index (κ3) is 3.23. The van der Waals surface area contributed by atoms with E-state index in [2.05, 4.69) is 10.6 Å². The minimum Gasteiger partial charge on any atom is -0.378 e. The summed E-state index contributed by atoms with van der Waals surface area (Å²) in [6.07, 6.45) is 2.19. The van der Waals surface area contributed by atoms with Gasteiger partial charge >= 0.3 is 0 Å². The highest BCUT2D eigenvalue weighted by Gasteiger charge is 2.16.